The van der Waals surface area contributed by atoms with E-state index in [0.717, 1.165) is 27.5 Å². The maximum atomic E-state index is 6.12. The van der Waals surface area contributed by atoms with Gasteiger partial charge in [0.2, 0.25) is 0 Å². The van der Waals surface area contributed by atoms with Gasteiger partial charge in [-0.3, -0.25) is 4.98 Å². The van der Waals surface area contributed by atoms with Crippen molar-refractivity contribution < 1.29 is 23.7 Å². The molecule has 0 saturated heterocycles. The van der Waals surface area contributed by atoms with Gasteiger partial charge in [0.1, 0.15) is 36.6 Å². The second-order valence-corrected chi connectivity index (χ2v) is 8.30. The van der Waals surface area contributed by atoms with E-state index in [1.54, 1.807) is 20.4 Å². The molecule has 38 heavy (non-hydrogen) atoms. The van der Waals surface area contributed by atoms with Crippen molar-refractivity contribution in [2.75, 3.05) is 46.0 Å². The summed E-state index contributed by atoms with van der Waals surface area (Å²) < 4.78 is 28.1. The quantitative estimate of drug-likeness (QED) is 0.209. The third-order valence-corrected chi connectivity index (χ3v) is 5.73. The van der Waals surface area contributed by atoms with Gasteiger partial charge in [-0.25, -0.2) is 9.97 Å². The molecule has 0 aliphatic rings. The molecule has 0 unspecified atom stereocenters. The van der Waals surface area contributed by atoms with Gasteiger partial charge in [-0.2, -0.15) is 0 Å². The fourth-order valence-electron chi connectivity index (χ4n) is 3.89. The topological polar surface area (TPSA) is 96.9 Å². The number of nitrogens with zero attached hydrogens (tertiary/aromatic N) is 3. The van der Waals surface area contributed by atoms with Crippen LogP contribution in [0.4, 0.5) is 11.5 Å². The molecular formula is C29H28N4O5. The Balaban J connectivity index is 1.37. The van der Waals surface area contributed by atoms with Crippen LogP contribution in [0.15, 0.2) is 79.3 Å². The van der Waals surface area contributed by atoms with Gasteiger partial charge in [0.15, 0.2) is 17.2 Å². The number of nitrogens with one attached hydrogen (secondary N) is 1. The summed E-state index contributed by atoms with van der Waals surface area (Å²) in [6.07, 6.45) is 3.27. The highest BCUT2D eigenvalue weighted by Crippen LogP contribution is 2.35. The number of benzene rings is 3. The van der Waals surface area contributed by atoms with Crippen LogP contribution in [-0.2, 0) is 9.47 Å². The van der Waals surface area contributed by atoms with E-state index in [4.69, 9.17) is 23.7 Å². The van der Waals surface area contributed by atoms with E-state index in [0.29, 0.717) is 55.2 Å². The van der Waals surface area contributed by atoms with Gasteiger partial charge in [-0.15, -0.1) is 0 Å². The summed E-state index contributed by atoms with van der Waals surface area (Å²) >= 11 is 0. The fraction of sp³-hybridized carbons (Fsp3) is 0.207. The SMILES string of the molecule is COCCOc1cc2ncnc(Nc3ccc(Oc4cccc5cccnc45)cc3)c2cc1OCCOC. The second kappa shape index (κ2) is 12.2. The molecule has 0 spiro atoms. The smallest absolute Gasteiger partial charge is 0.163 e. The standard InChI is InChI=1S/C29H28N4O5/c1-34-13-15-36-26-17-23-24(18-27(26)37-16-14-35-2)31-19-32-29(23)33-21-8-10-22(11-9-21)38-25-7-3-5-20-6-4-12-30-28(20)25/h3-12,17-19H,13-16H2,1-2H3,(H,31,32,33). The minimum Gasteiger partial charge on any atom is -0.487 e. The van der Waals surface area contributed by atoms with E-state index in [2.05, 4.69) is 20.3 Å². The van der Waals surface area contributed by atoms with Crippen molar-refractivity contribution >= 4 is 33.3 Å². The van der Waals surface area contributed by atoms with Gasteiger partial charge in [0.05, 0.1) is 18.7 Å². The Hall–Kier alpha value is -4.47. The number of ether oxygens (including phenoxy) is 5. The van der Waals surface area contributed by atoms with Crippen LogP contribution < -0.4 is 19.5 Å². The van der Waals surface area contributed by atoms with Crippen LogP contribution >= 0.6 is 0 Å². The third-order valence-electron chi connectivity index (χ3n) is 5.73. The maximum absolute atomic E-state index is 6.12. The van der Waals surface area contributed by atoms with Crippen LogP contribution in [0.5, 0.6) is 23.0 Å². The number of aromatic nitrogens is 3. The van der Waals surface area contributed by atoms with Gasteiger partial charge < -0.3 is 29.0 Å². The largest absolute Gasteiger partial charge is 0.487 e. The number of rotatable bonds is 12. The number of pyridine rings is 1. The van der Waals surface area contributed by atoms with Crippen molar-refractivity contribution in [2.45, 2.75) is 0 Å². The minimum atomic E-state index is 0.382. The lowest BCUT2D eigenvalue weighted by Crippen LogP contribution is -2.09. The number of fused-ring (bicyclic) bond motifs is 2. The zero-order valence-corrected chi connectivity index (χ0v) is 21.2. The first-order valence-electron chi connectivity index (χ1n) is 12.2. The summed E-state index contributed by atoms with van der Waals surface area (Å²) in [6.45, 7) is 1.69. The van der Waals surface area contributed by atoms with Crippen LogP contribution in [0, 0.1) is 0 Å². The summed E-state index contributed by atoms with van der Waals surface area (Å²) in [5.74, 6) is 3.21. The molecule has 0 fully saturated rings. The van der Waals surface area contributed by atoms with Gasteiger partial charge >= 0.3 is 0 Å². The Bertz CT molecular complexity index is 1510. The lowest BCUT2D eigenvalue weighted by molar-refractivity contribution is 0.132. The van der Waals surface area contributed by atoms with Crippen LogP contribution in [-0.4, -0.2) is 55.6 Å². The molecule has 0 saturated carbocycles. The van der Waals surface area contributed by atoms with E-state index >= 15 is 0 Å². The second-order valence-electron chi connectivity index (χ2n) is 8.30. The Kier molecular flexibility index (Phi) is 8.07. The summed E-state index contributed by atoms with van der Waals surface area (Å²) in [4.78, 5) is 13.3. The van der Waals surface area contributed by atoms with E-state index < -0.39 is 0 Å². The summed E-state index contributed by atoms with van der Waals surface area (Å²) in [5.41, 5.74) is 2.38. The highest BCUT2D eigenvalue weighted by atomic mass is 16.5. The molecule has 0 amide bonds. The number of anilines is 2. The number of methoxy groups -OCH3 is 2. The molecular weight excluding hydrogens is 484 g/mol. The summed E-state index contributed by atoms with van der Waals surface area (Å²) in [7, 11) is 3.26. The van der Waals surface area contributed by atoms with Crippen LogP contribution in [0.1, 0.15) is 0 Å². The van der Waals surface area contributed by atoms with E-state index in [-0.39, 0.29) is 0 Å². The number of hydrogen-bond acceptors (Lipinski definition) is 9. The van der Waals surface area contributed by atoms with Gasteiger partial charge in [0.25, 0.3) is 0 Å². The molecule has 0 atom stereocenters. The van der Waals surface area contributed by atoms with Crippen molar-refractivity contribution in [3.63, 3.8) is 0 Å². The molecule has 1 N–H and O–H groups in total. The van der Waals surface area contributed by atoms with Crippen LogP contribution in [0.25, 0.3) is 21.8 Å². The molecule has 0 radical (unpaired) electrons. The van der Waals surface area contributed by atoms with Crippen molar-refractivity contribution in [3.8, 4) is 23.0 Å². The Morgan fingerprint density at radius 3 is 2.21 bits per heavy atom. The van der Waals surface area contributed by atoms with E-state index in [9.17, 15) is 0 Å². The third kappa shape index (κ3) is 5.91. The average Bonchev–Trinajstić information content (AvgIpc) is 2.95. The molecule has 2 aromatic heterocycles. The van der Waals surface area contributed by atoms with E-state index in [1.165, 1.54) is 6.33 Å². The molecule has 0 aliphatic carbocycles. The molecule has 5 rings (SSSR count). The van der Waals surface area contributed by atoms with E-state index in [1.807, 2.05) is 66.7 Å². The van der Waals surface area contributed by atoms with Gasteiger partial charge in [-0.05, 0) is 42.5 Å². The highest BCUT2D eigenvalue weighted by molar-refractivity contribution is 5.93. The minimum absolute atomic E-state index is 0.382. The molecule has 5 aromatic rings. The van der Waals surface area contributed by atoms with Crippen LogP contribution in [0.3, 0.4) is 0 Å². The predicted octanol–water partition coefficient (Wildman–Crippen LogP) is 5.76. The monoisotopic (exact) mass is 512 g/mol. The first-order valence-corrected chi connectivity index (χ1v) is 12.2. The lowest BCUT2D eigenvalue weighted by Gasteiger charge is -2.15. The van der Waals surface area contributed by atoms with Crippen molar-refractivity contribution in [3.05, 3.63) is 79.3 Å². The summed E-state index contributed by atoms with van der Waals surface area (Å²) in [6, 6.07) is 21.2. The van der Waals surface area contributed by atoms with Gasteiger partial charge in [0, 0.05) is 42.9 Å². The van der Waals surface area contributed by atoms with Crippen molar-refractivity contribution in [2.24, 2.45) is 0 Å². The van der Waals surface area contributed by atoms with Gasteiger partial charge in [-0.1, -0.05) is 18.2 Å². The normalized spacial score (nSPS) is 11.0. The molecule has 3 aromatic carbocycles. The van der Waals surface area contributed by atoms with Crippen LogP contribution in [0.2, 0.25) is 0 Å². The fourth-order valence-corrected chi connectivity index (χ4v) is 3.89. The zero-order chi connectivity index (χ0) is 26.2. The molecule has 2 heterocycles. The zero-order valence-electron chi connectivity index (χ0n) is 21.2. The lowest BCUT2D eigenvalue weighted by atomic mass is 10.2. The maximum Gasteiger partial charge on any atom is 0.163 e. The average molecular weight is 513 g/mol. The molecule has 9 heteroatoms. The molecule has 0 aliphatic heterocycles. The first kappa shape index (κ1) is 25.2. The predicted molar refractivity (Wildman–Crippen MR) is 146 cm³/mol. The Morgan fingerprint density at radius 2 is 1.45 bits per heavy atom. The molecule has 9 nitrogen and oxygen atoms in total. The van der Waals surface area contributed by atoms with Crippen molar-refractivity contribution in [1.29, 1.82) is 0 Å². The Morgan fingerprint density at radius 1 is 0.711 bits per heavy atom. The first-order chi connectivity index (χ1) is 18.7. The summed E-state index contributed by atoms with van der Waals surface area (Å²) in [5, 5.41) is 5.19. The highest BCUT2D eigenvalue weighted by Gasteiger charge is 2.13. The molecule has 194 valence electrons. The number of para-hydroxylation sites is 1. The number of hydrogen-bond donors (Lipinski definition) is 1. The van der Waals surface area contributed by atoms with Crippen molar-refractivity contribution in [1.82, 2.24) is 15.0 Å². The molecule has 0 bridgehead atoms. The Labute approximate surface area is 220 Å².